The highest BCUT2D eigenvalue weighted by atomic mass is 16.5. The Labute approximate surface area is 93.1 Å². The van der Waals surface area contributed by atoms with Gasteiger partial charge in [0.1, 0.15) is 6.04 Å². The number of hydrogen-bond donors (Lipinski definition) is 1. The number of esters is 2. The molecule has 0 aromatic heterocycles. The van der Waals surface area contributed by atoms with E-state index in [1.165, 1.54) is 14.2 Å². The molecule has 1 aromatic rings. The van der Waals surface area contributed by atoms with Gasteiger partial charge in [-0.15, -0.1) is 0 Å². The summed E-state index contributed by atoms with van der Waals surface area (Å²) < 4.78 is 9.05. The van der Waals surface area contributed by atoms with E-state index < -0.39 is 18.0 Å². The first-order valence-corrected chi connectivity index (χ1v) is 4.62. The van der Waals surface area contributed by atoms with E-state index in [9.17, 15) is 9.59 Å². The molecule has 0 aliphatic carbocycles. The molecule has 0 bridgehead atoms. The van der Waals surface area contributed by atoms with Gasteiger partial charge in [0.25, 0.3) is 0 Å². The highest BCUT2D eigenvalue weighted by Gasteiger charge is 2.16. The predicted octanol–water partition coefficient (Wildman–Crippen LogP) is 0.646. The molecule has 0 saturated carbocycles. The SMILES string of the molecule is COC(=O)c1ccc([C@@H](N)C(=O)OC)cc1. The van der Waals surface area contributed by atoms with Gasteiger partial charge in [0.05, 0.1) is 19.8 Å². The van der Waals surface area contributed by atoms with Crippen LogP contribution < -0.4 is 5.73 Å². The minimum Gasteiger partial charge on any atom is -0.468 e. The highest BCUT2D eigenvalue weighted by Crippen LogP contribution is 2.13. The zero-order valence-electron chi connectivity index (χ0n) is 9.10. The smallest absolute Gasteiger partial charge is 0.337 e. The van der Waals surface area contributed by atoms with Gasteiger partial charge in [-0.05, 0) is 17.7 Å². The van der Waals surface area contributed by atoms with Crippen LogP contribution in [0.3, 0.4) is 0 Å². The quantitative estimate of drug-likeness (QED) is 0.761. The van der Waals surface area contributed by atoms with Gasteiger partial charge in [0.2, 0.25) is 0 Å². The molecule has 16 heavy (non-hydrogen) atoms. The van der Waals surface area contributed by atoms with Crippen LogP contribution >= 0.6 is 0 Å². The molecule has 86 valence electrons. The molecule has 0 radical (unpaired) electrons. The zero-order chi connectivity index (χ0) is 12.1. The molecule has 0 unspecified atom stereocenters. The van der Waals surface area contributed by atoms with E-state index in [0.717, 1.165) is 0 Å². The van der Waals surface area contributed by atoms with Crippen molar-refractivity contribution < 1.29 is 19.1 Å². The Balaban J connectivity index is 2.86. The second-order valence-corrected chi connectivity index (χ2v) is 3.11. The minimum atomic E-state index is -0.836. The summed E-state index contributed by atoms with van der Waals surface area (Å²) in [6.45, 7) is 0. The molecule has 2 N–H and O–H groups in total. The number of hydrogen-bond acceptors (Lipinski definition) is 5. The zero-order valence-corrected chi connectivity index (χ0v) is 9.10. The topological polar surface area (TPSA) is 78.6 Å². The van der Waals surface area contributed by atoms with E-state index in [2.05, 4.69) is 9.47 Å². The molecule has 5 heteroatoms. The van der Waals surface area contributed by atoms with E-state index in [1.807, 2.05) is 0 Å². The third-order valence-electron chi connectivity index (χ3n) is 2.15. The Morgan fingerprint density at radius 1 is 1.12 bits per heavy atom. The summed E-state index contributed by atoms with van der Waals surface area (Å²) in [4.78, 5) is 22.3. The Morgan fingerprint density at radius 3 is 2.12 bits per heavy atom. The number of nitrogens with two attached hydrogens (primary N) is 1. The van der Waals surface area contributed by atoms with Crippen LogP contribution in [0.4, 0.5) is 0 Å². The second-order valence-electron chi connectivity index (χ2n) is 3.11. The lowest BCUT2D eigenvalue weighted by molar-refractivity contribution is -0.142. The molecule has 0 aliphatic rings. The summed E-state index contributed by atoms with van der Waals surface area (Å²) in [7, 11) is 2.57. The standard InChI is InChI=1S/C11H13NO4/c1-15-10(13)8-5-3-7(4-6-8)9(12)11(14)16-2/h3-6,9H,12H2,1-2H3/t9-/m1/s1. The molecule has 0 aliphatic heterocycles. The summed E-state index contributed by atoms with van der Waals surface area (Å²) in [5, 5.41) is 0. The van der Waals surface area contributed by atoms with Gasteiger partial charge in [-0.1, -0.05) is 12.1 Å². The lowest BCUT2D eigenvalue weighted by Crippen LogP contribution is -2.22. The molecule has 0 fully saturated rings. The number of benzene rings is 1. The predicted molar refractivity (Wildman–Crippen MR) is 56.7 cm³/mol. The third kappa shape index (κ3) is 2.58. The van der Waals surface area contributed by atoms with Crippen molar-refractivity contribution in [3.05, 3.63) is 35.4 Å². The minimum absolute atomic E-state index is 0.406. The van der Waals surface area contributed by atoms with Gasteiger partial charge in [0, 0.05) is 0 Å². The third-order valence-corrected chi connectivity index (χ3v) is 2.15. The molecule has 1 atom stereocenters. The summed E-state index contributed by atoms with van der Waals surface area (Å²) in [6.07, 6.45) is 0. The van der Waals surface area contributed by atoms with Crippen LogP contribution in [0.25, 0.3) is 0 Å². The van der Waals surface area contributed by atoms with Gasteiger partial charge in [0.15, 0.2) is 0 Å². The summed E-state index contributed by atoms with van der Waals surface area (Å²) in [5.41, 5.74) is 6.61. The van der Waals surface area contributed by atoms with Crippen molar-refractivity contribution in [1.29, 1.82) is 0 Å². The number of methoxy groups -OCH3 is 2. The van der Waals surface area contributed by atoms with Crippen molar-refractivity contribution in [3.8, 4) is 0 Å². The maximum absolute atomic E-state index is 11.1. The van der Waals surface area contributed by atoms with Crippen molar-refractivity contribution in [3.63, 3.8) is 0 Å². The van der Waals surface area contributed by atoms with Crippen molar-refractivity contribution in [1.82, 2.24) is 0 Å². The van der Waals surface area contributed by atoms with Crippen molar-refractivity contribution >= 4 is 11.9 Å². The van der Waals surface area contributed by atoms with Crippen LogP contribution in [-0.2, 0) is 14.3 Å². The second kappa shape index (κ2) is 5.27. The highest BCUT2D eigenvalue weighted by molar-refractivity contribution is 5.89. The van der Waals surface area contributed by atoms with Gasteiger partial charge >= 0.3 is 11.9 Å². The molecule has 0 saturated heterocycles. The van der Waals surface area contributed by atoms with E-state index in [0.29, 0.717) is 11.1 Å². The average molecular weight is 223 g/mol. The monoisotopic (exact) mass is 223 g/mol. The Morgan fingerprint density at radius 2 is 1.69 bits per heavy atom. The van der Waals surface area contributed by atoms with Crippen LogP contribution in [0.15, 0.2) is 24.3 Å². The number of ether oxygens (including phenoxy) is 2. The molecule has 5 nitrogen and oxygen atoms in total. The van der Waals surface area contributed by atoms with Crippen LogP contribution in [0.2, 0.25) is 0 Å². The van der Waals surface area contributed by atoms with Crippen LogP contribution in [0, 0.1) is 0 Å². The summed E-state index contributed by atoms with van der Waals surface area (Å²) >= 11 is 0. The van der Waals surface area contributed by atoms with E-state index >= 15 is 0 Å². The average Bonchev–Trinajstić information content (AvgIpc) is 2.36. The first-order valence-electron chi connectivity index (χ1n) is 4.62. The lowest BCUT2D eigenvalue weighted by atomic mass is 10.1. The molecular formula is C11H13NO4. The maximum Gasteiger partial charge on any atom is 0.337 e. The summed E-state index contributed by atoms with van der Waals surface area (Å²) in [6, 6.07) is 5.44. The fraction of sp³-hybridized carbons (Fsp3) is 0.273. The molecular weight excluding hydrogens is 210 g/mol. The molecule has 1 rings (SSSR count). The van der Waals surface area contributed by atoms with Crippen molar-refractivity contribution in [2.75, 3.05) is 14.2 Å². The van der Waals surface area contributed by atoms with Crippen LogP contribution in [-0.4, -0.2) is 26.2 Å². The largest absolute Gasteiger partial charge is 0.468 e. The number of rotatable bonds is 3. The fourth-order valence-electron chi connectivity index (χ4n) is 1.21. The molecule has 0 spiro atoms. The normalized spacial score (nSPS) is 11.7. The first kappa shape index (κ1) is 12.2. The Bertz CT molecular complexity index is 385. The van der Waals surface area contributed by atoms with Crippen LogP contribution in [0.5, 0.6) is 0 Å². The maximum atomic E-state index is 11.1. The Hall–Kier alpha value is -1.88. The van der Waals surface area contributed by atoms with E-state index in [4.69, 9.17) is 5.73 Å². The van der Waals surface area contributed by atoms with Crippen LogP contribution in [0.1, 0.15) is 22.0 Å². The van der Waals surface area contributed by atoms with Gasteiger partial charge < -0.3 is 15.2 Å². The lowest BCUT2D eigenvalue weighted by Gasteiger charge is -2.09. The molecule has 1 aromatic carbocycles. The first-order chi connectivity index (χ1) is 7.60. The van der Waals surface area contributed by atoms with Gasteiger partial charge in [-0.3, -0.25) is 4.79 Å². The molecule has 0 heterocycles. The fourth-order valence-corrected chi connectivity index (χ4v) is 1.21. The summed E-state index contributed by atoms with van der Waals surface area (Å²) in [5.74, 6) is -0.955. The van der Waals surface area contributed by atoms with Gasteiger partial charge in [-0.2, -0.15) is 0 Å². The van der Waals surface area contributed by atoms with Crippen molar-refractivity contribution in [2.24, 2.45) is 5.73 Å². The van der Waals surface area contributed by atoms with E-state index in [-0.39, 0.29) is 0 Å². The number of carbonyl (C=O) groups excluding carboxylic acids is 2. The Kier molecular flexibility index (Phi) is 4.02. The van der Waals surface area contributed by atoms with Crippen molar-refractivity contribution in [2.45, 2.75) is 6.04 Å². The van der Waals surface area contributed by atoms with E-state index in [1.54, 1.807) is 24.3 Å². The number of carbonyl (C=O) groups is 2. The van der Waals surface area contributed by atoms with Gasteiger partial charge in [-0.25, -0.2) is 4.79 Å². The molecule has 0 amide bonds.